The number of thiol groups is 1. The van der Waals surface area contributed by atoms with E-state index >= 15 is 0 Å². The van der Waals surface area contributed by atoms with Crippen molar-refractivity contribution < 1.29 is 0 Å². The third-order valence-corrected chi connectivity index (χ3v) is 3.87. The van der Waals surface area contributed by atoms with Crippen LogP contribution in [0.5, 0.6) is 0 Å². The molecule has 1 saturated carbocycles. The van der Waals surface area contributed by atoms with Crippen LogP contribution in [0.3, 0.4) is 0 Å². The fourth-order valence-electron chi connectivity index (χ4n) is 2.55. The lowest BCUT2D eigenvalue weighted by molar-refractivity contribution is 0.335. The summed E-state index contributed by atoms with van der Waals surface area (Å²) in [4.78, 5) is 0. The molecule has 0 nitrogen and oxygen atoms in total. The molecule has 1 rings (SSSR count). The molecule has 1 aliphatic rings. The van der Waals surface area contributed by atoms with Gasteiger partial charge in [-0.1, -0.05) is 39.5 Å². The first-order valence-electron chi connectivity index (χ1n) is 5.85. The average Bonchev–Trinajstić information content (AvgIpc) is 2.30. The lowest BCUT2D eigenvalue weighted by Crippen LogP contribution is -2.07. The second-order valence-corrected chi connectivity index (χ2v) is 5.34. The topological polar surface area (TPSA) is 0 Å². The number of hydrogen-bond acceptors (Lipinski definition) is 1. The Morgan fingerprint density at radius 1 is 1.15 bits per heavy atom. The first-order valence-corrected chi connectivity index (χ1v) is 6.48. The molecule has 0 aromatic heterocycles. The molecule has 0 heterocycles. The van der Waals surface area contributed by atoms with Crippen molar-refractivity contribution in [2.24, 2.45) is 17.8 Å². The Morgan fingerprint density at radius 3 is 2.54 bits per heavy atom. The smallest absolute Gasteiger partial charge is 0.00953 e. The molecule has 1 heteroatoms. The van der Waals surface area contributed by atoms with Gasteiger partial charge in [0.25, 0.3) is 0 Å². The van der Waals surface area contributed by atoms with E-state index in [4.69, 9.17) is 0 Å². The molecule has 0 amide bonds. The Bertz CT molecular complexity index is 131. The average molecular weight is 200 g/mol. The molecular weight excluding hydrogens is 176 g/mol. The highest BCUT2D eigenvalue weighted by atomic mass is 32.1. The summed E-state index contributed by atoms with van der Waals surface area (Å²) >= 11 is 4.33. The lowest BCUT2D eigenvalue weighted by atomic mass is 9.88. The maximum Gasteiger partial charge on any atom is -0.00953 e. The van der Waals surface area contributed by atoms with Gasteiger partial charge in [-0.25, -0.2) is 0 Å². The molecule has 0 aliphatic heterocycles. The largest absolute Gasteiger partial charge is 0.179 e. The van der Waals surface area contributed by atoms with Crippen molar-refractivity contribution in [3.8, 4) is 0 Å². The van der Waals surface area contributed by atoms with Gasteiger partial charge in [0.1, 0.15) is 0 Å². The molecule has 1 fully saturated rings. The van der Waals surface area contributed by atoms with Gasteiger partial charge in [0.2, 0.25) is 0 Å². The SMILES string of the molecule is CC(C)C1CCCC(CCS)CC1. The molecule has 0 radical (unpaired) electrons. The van der Waals surface area contributed by atoms with Crippen LogP contribution in [0.15, 0.2) is 0 Å². The number of hydrogen-bond donors (Lipinski definition) is 1. The predicted octanol–water partition coefficient (Wildman–Crippen LogP) is 4.16. The van der Waals surface area contributed by atoms with Crippen molar-refractivity contribution in [3.05, 3.63) is 0 Å². The van der Waals surface area contributed by atoms with Crippen LogP contribution in [0.25, 0.3) is 0 Å². The maximum atomic E-state index is 4.33. The van der Waals surface area contributed by atoms with E-state index in [9.17, 15) is 0 Å². The van der Waals surface area contributed by atoms with E-state index in [-0.39, 0.29) is 0 Å². The van der Waals surface area contributed by atoms with Crippen molar-refractivity contribution in [3.63, 3.8) is 0 Å². The molecule has 13 heavy (non-hydrogen) atoms. The van der Waals surface area contributed by atoms with Crippen LogP contribution in [0.1, 0.15) is 52.4 Å². The van der Waals surface area contributed by atoms with Crippen molar-refractivity contribution in [2.75, 3.05) is 5.75 Å². The van der Waals surface area contributed by atoms with Gasteiger partial charge in [0.05, 0.1) is 0 Å². The molecule has 0 N–H and O–H groups in total. The summed E-state index contributed by atoms with van der Waals surface area (Å²) in [6, 6.07) is 0. The van der Waals surface area contributed by atoms with Crippen molar-refractivity contribution in [1.29, 1.82) is 0 Å². The van der Waals surface area contributed by atoms with Gasteiger partial charge >= 0.3 is 0 Å². The van der Waals surface area contributed by atoms with Crippen LogP contribution in [0.4, 0.5) is 0 Å². The van der Waals surface area contributed by atoms with Gasteiger partial charge in [-0.05, 0) is 36.3 Å². The quantitative estimate of drug-likeness (QED) is 0.513. The fourth-order valence-corrected chi connectivity index (χ4v) is 2.91. The highest BCUT2D eigenvalue weighted by Crippen LogP contribution is 2.32. The van der Waals surface area contributed by atoms with E-state index in [1.54, 1.807) is 0 Å². The highest BCUT2D eigenvalue weighted by Gasteiger charge is 2.20. The highest BCUT2D eigenvalue weighted by molar-refractivity contribution is 7.80. The van der Waals surface area contributed by atoms with Gasteiger partial charge in [0, 0.05) is 0 Å². The minimum absolute atomic E-state index is 0.898. The van der Waals surface area contributed by atoms with Gasteiger partial charge < -0.3 is 0 Å². The Morgan fingerprint density at radius 2 is 1.92 bits per heavy atom. The Balaban J connectivity index is 2.30. The zero-order valence-electron chi connectivity index (χ0n) is 9.13. The molecule has 0 aromatic carbocycles. The summed E-state index contributed by atoms with van der Waals surface area (Å²) in [5.41, 5.74) is 0. The third-order valence-electron chi connectivity index (χ3n) is 3.61. The van der Waals surface area contributed by atoms with Crippen LogP contribution in [0, 0.1) is 17.8 Å². The Labute approximate surface area is 88.9 Å². The van der Waals surface area contributed by atoms with Crippen molar-refractivity contribution in [1.82, 2.24) is 0 Å². The van der Waals surface area contributed by atoms with E-state index in [2.05, 4.69) is 26.5 Å². The first-order chi connectivity index (χ1) is 6.24. The third kappa shape index (κ3) is 3.93. The summed E-state index contributed by atoms with van der Waals surface area (Å²) in [5.74, 6) is 3.97. The summed E-state index contributed by atoms with van der Waals surface area (Å²) < 4.78 is 0. The molecule has 78 valence electrons. The summed E-state index contributed by atoms with van der Waals surface area (Å²) in [5, 5.41) is 0. The van der Waals surface area contributed by atoms with Gasteiger partial charge in [-0.2, -0.15) is 12.6 Å². The molecule has 0 bridgehead atoms. The molecule has 1 aliphatic carbocycles. The first kappa shape index (κ1) is 11.4. The van der Waals surface area contributed by atoms with E-state index in [0.717, 1.165) is 23.5 Å². The van der Waals surface area contributed by atoms with E-state index < -0.39 is 0 Å². The molecule has 0 saturated heterocycles. The van der Waals surface area contributed by atoms with Gasteiger partial charge in [-0.3, -0.25) is 0 Å². The van der Waals surface area contributed by atoms with Crippen LogP contribution in [0.2, 0.25) is 0 Å². The van der Waals surface area contributed by atoms with Gasteiger partial charge in [0.15, 0.2) is 0 Å². The molecule has 2 atom stereocenters. The zero-order chi connectivity index (χ0) is 9.68. The lowest BCUT2D eigenvalue weighted by Gasteiger charge is -2.18. The van der Waals surface area contributed by atoms with Crippen LogP contribution in [-0.4, -0.2) is 5.75 Å². The minimum atomic E-state index is 0.898. The number of rotatable bonds is 3. The molecule has 0 aromatic rings. The van der Waals surface area contributed by atoms with Crippen LogP contribution < -0.4 is 0 Å². The van der Waals surface area contributed by atoms with Gasteiger partial charge in [-0.15, -0.1) is 0 Å². The van der Waals surface area contributed by atoms with E-state index in [0.29, 0.717) is 0 Å². The zero-order valence-corrected chi connectivity index (χ0v) is 10.0. The summed E-state index contributed by atoms with van der Waals surface area (Å²) in [6.45, 7) is 4.76. The monoisotopic (exact) mass is 200 g/mol. The van der Waals surface area contributed by atoms with Crippen LogP contribution in [-0.2, 0) is 0 Å². The summed E-state index contributed by atoms with van der Waals surface area (Å²) in [6.07, 6.45) is 8.67. The molecular formula is C12H24S. The predicted molar refractivity (Wildman–Crippen MR) is 63.4 cm³/mol. The van der Waals surface area contributed by atoms with Crippen LogP contribution >= 0.6 is 12.6 Å². The molecule has 2 unspecified atom stereocenters. The Hall–Kier alpha value is 0.350. The fraction of sp³-hybridized carbons (Fsp3) is 1.00. The Kier molecular flexibility index (Phi) is 5.23. The van der Waals surface area contributed by atoms with E-state index in [1.807, 2.05) is 0 Å². The summed E-state index contributed by atoms with van der Waals surface area (Å²) in [7, 11) is 0. The van der Waals surface area contributed by atoms with Crippen molar-refractivity contribution in [2.45, 2.75) is 52.4 Å². The maximum absolute atomic E-state index is 4.33. The second-order valence-electron chi connectivity index (χ2n) is 4.89. The minimum Gasteiger partial charge on any atom is -0.179 e. The normalized spacial score (nSPS) is 30.5. The standard InChI is InChI=1S/C12H24S/c1-10(2)12-5-3-4-11(6-7-12)8-9-13/h10-13H,3-9H2,1-2H3. The van der Waals surface area contributed by atoms with Crippen molar-refractivity contribution >= 4 is 12.6 Å². The molecule has 0 spiro atoms. The second kappa shape index (κ2) is 5.95. The van der Waals surface area contributed by atoms with E-state index in [1.165, 1.54) is 38.5 Å².